The fourth-order valence-corrected chi connectivity index (χ4v) is 4.38. The van der Waals surface area contributed by atoms with Crippen LogP contribution in [0.2, 0.25) is 0 Å². The van der Waals surface area contributed by atoms with Crippen molar-refractivity contribution in [3.05, 3.63) is 29.8 Å². The Morgan fingerprint density at radius 3 is 2.50 bits per heavy atom. The molecular weight excluding hydrogens is 352 g/mol. The summed E-state index contributed by atoms with van der Waals surface area (Å²) >= 11 is 0. The highest BCUT2D eigenvalue weighted by Crippen LogP contribution is 2.49. The molecule has 0 unspecified atom stereocenters. The highest BCUT2D eigenvalue weighted by Gasteiger charge is 2.53. The SMILES string of the molecule is COc1ccc(C2(C(=O)N[C@H]3CN(CCO)C[C@@H]3C3CC3)CC2)cc1.Cl. The van der Waals surface area contributed by atoms with Gasteiger partial charge in [0.15, 0.2) is 0 Å². The first-order valence-electron chi connectivity index (χ1n) is 9.45. The van der Waals surface area contributed by atoms with Crippen LogP contribution in [0.1, 0.15) is 31.2 Å². The summed E-state index contributed by atoms with van der Waals surface area (Å²) in [5.74, 6) is 2.30. The molecule has 144 valence electrons. The zero-order chi connectivity index (χ0) is 17.4. The molecular formula is C20H29ClN2O3. The van der Waals surface area contributed by atoms with Gasteiger partial charge >= 0.3 is 0 Å². The first kappa shape index (κ1) is 19.5. The van der Waals surface area contributed by atoms with E-state index in [4.69, 9.17) is 4.74 Å². The summed E-state index contributed by atoms with van der Waals surface area (Å²) in [7, 11) is 1.66. The van der Waals surface area contributed by atoms with E-state index in [-0.39, 0.29) is 36.4 Å². The van der Waals surface area contributed by atoms with Gasteiger partial charge in [-0.2, -0.15) is 0 Å². The number of nitrogens with zero attached hydrogens (tertiary/aromatic N) is 1. The molecule has 1 aromatic rings. The van der Waals surface area contributed by atoms with Gasteiger partial charge in [-0.3, -0.25) is 9.69 Å². The van der Waals surface area contributed by atoms with E-state index in [1.54, 1.807) is 7.11 Å². The lowest BCUT2D eigenvalue weighted by atomic mass is 9.92. The molecule has 1 aromatic carbocycles. The Morgan fingerprint density at radius 2 is 1.96 bits per heavy atom. The highest BCUT2D eigenvalue weighted by molar-refractivity contribution is 5.91. The van der Waals surface area contributed by atoms with Gasteiger partial charge in [0.25, 0.3) is 0 Å². The lowest BCUT2D eigenvalue weighted by Gasteiger charge is -2.23. The van der Waals surface area contributed by atoms with Crippen LogP contribution in [0.3, 0.4) is 0 Å². The van der Waals surface area contributed by atoms with E-state index >= 15 is 0 Å². The molecule has 1 amide bonds. The molecule has 3 fully saturated rings. The van der Waals surface area contributed by atoms with Gasteiger partial charge in [-0.15, -0.1) is 12.4 Å². The van der Waals surface area contributed by atoms with Crippen molar-refractivity contribution in [3.8, 4) is 5.75 Å². The average molecular weight is 381 g/mol. The van der Waals surface area contributed by atoms with Gasteiger partial charge in [0.05, 0.1) is 19.1 Å². The number of aliphatic hydroxyl groups is 1. The number of aliphatic hydroxyl groups excluding tert-OH is 1. The fourth-order valence-electron chi connectivity index (χ4n) is 4.38. The van der Waals surface area contributed by atoms with E-state index in [2.05, 4.69) is 10.2 Å². The molecule has 26 heavy (non-hydrogen) atoms. The van der Waals surface area contributed by atoms with Crippen molar-refractivity contribution in [1.29, 1.82) is 0 Å². The van der Waals surface area contributed by atoms with E-state index in [1.165, 1.54) is 12.8 Å². The van der Waals surface area contributed by atoms with Crippen molar-refractivity contribution in [2.75, 3.05) is 33.4 Å². The zero-order valence-electron chi connectivity index (χ0n) is 15.3. The third kappa shape index (κ3) is 3.71. The van der Waals surface area contributed by atoms with Crippen LogP contribution in [-0.4, -0.2) is 55.3 Å². The number of hydrogen-bond donors (Lipinski definition) is 2. The van der Waals surface area contributed by atoms with E-state index in [0.29, 0.717) is 12.5 Å². The van der Waals surface area contributed by atoms with Crippen molar-refractivity contribution >= 4 is 18.3 Å². The standard InChI is InChI=1S/C20H28N2O3.ClH/c1-25-16-6-4-15(5-7-16)20(8-9-20)19(24)21-18-13-22(10-11-23)12-17(18)14-2-3-14;/h4-7,14,17-18,23H,2-3,8-13H2,1H3,(H,21,24);1H/t17-,18+;/m1./s1. The maximum Gasteiger partial charge on any atom is 0.230 e. The summed E-state index contributed by atoms with van der Waals surface area (Å²) < 4.78 is 5.23. The smallest absolute Gasteiger partial charge is 0.230 e. The molecule has 0 spiro atoms. The van der Waals surface area contributed by atoms with Crippen LogP contribution in [0.15, 0.2) is 24.3 Å². The van der Waals surface area contributed by atoms with E-state index in [9.17, 15) is 9.90 Å². The van der Waals surface area contributed by atoms with Gasteiger partial charge in [-0.05, 0) is 55.2 Å². The summed E-state index contributed by atoms with van der Waals surface area (Å²) in [4.78, 5) is 15.4. The topological polar surface area (TPSA) is 61.8 Å². The Labute approximate surface area is 161 Å². The number of β-amino-alcohol motifs (C(OH)–C–C–N with tert-alkyl or cyclic N) is 1. The number of ether oxygens (including phenoxy) is 1. The maximum absolute atomic E-state index is 13.1. The molecule has 2 N–H and O–H groups in total. The molecule has 3 aliphatic rings. The van der Waals surface area contributed by atoms with E-state index in [1.807, 2.05) is 24.3 Å². The number of likely N-dealkylation sites (tertiary alicyclic amines) is 1. The highest BCUT2D eigenvalue weighted by atomic mass is 35.5. The minimum absolute atomic E-state index is 0. The number of rotatable bonds is 7. The van der Waals surface area contributed by atoms with Crippen molar-refractivity contribution in [3.63, 3.8) is 0 Å². The summed E-state index contributed by atoms with van der Waals surface area (Å²) in [5.41, 5.74) is 0.754. The number of halogens is 1. The minimum Gasteiger partial charge on any atom is -0.497 e. The molecule has 5 nitrogen and oxygen atoms in total. The molecule has 2 atom stereocenters. The van der Waals surface area contributed by atoms with Crippen LogP contribution in [0.25, 0.3) is 0 Å². The number of carbonyl (C=O) groups excluding carboxylic acids is 1. The van der Waals surface area contributed by atoms with Crippen molar-refractivity contribution in [2.45, 2.75) is 37.1 Å². The van der Waals surface area contributed by atoms with Gasteiger partial charge in [0.2, 0.25) is 5.91 Å². The third-order valence-corrected chi connectivity index (χ3v) is 6.23. The average Bonchev–Trinajstić information content (AvgIpc) is 3.54. The first-order valence-corrected chi connectivity index (χ1v) is 9.45. The maximum atomic E-state index is 13.1. The number of nitrogens with one attached hydrogen (secondary N) is 1. The predicted molar refractivity (Wildman–Crippen MR) is 103 cm³/mol. The van der Waals surface area contributed by atoms with Gasteiger partial charge in [-0.1, -0.05) is 12.1 Å². The second-order valence-electron chi connectivity index (χ2n) is 7.88. The van der Waals surface area contributed by atoms with Crippen LogP contribution >= 0.6 is 12.4 Å². The van der Waals surface area contributed by atoms with Crippen molar-refractivity contribution in [2.24, 2.45) is 11.8 Å². The Kier molecular flexibility index (Phi) is 5.80. The zero-order valence-corrected chi connectivity index (χ0v) is 16.1. The normalized spacial score (nSPS) is 26.8. The van der Waals surface area contributed by atoms with Crippen LogP contribution in [0.5, 0.6) is 5.75 Å². The molecule has 1 saturated heterocycles. The summed E-state index contributed by atoms with van der Waals surface area (Å²) in [6, 6.07) is 8.15. The molecule has 1 heterocycles. The lowest BCUT2D eigenvalue weighted by Crippen LogP contribution is -2.46. The van der Waals surface area contributed by atoms with Crippen LogP contribution in [-0.2, 0) is 10.2 Å². The molecule has 0 radical (unpaired) electrons. The quantitative estimate of drug-likeness (QED) is 0.759. The number of hydrogen-bond acceptors (Lipinski definition) is 4. The first-order chi connectivity index (χ1) is 12.2. The molecule has 2 aliphatic carbocycles. The van der Waals surface area contributed by atoms with Crippen LogP contribution < -0.4 is 10.1 Å². The van der Waals surface area contributed by atoms with Crippen molar-refractivity contribution in [1.82, 2.24) is 10.2 Å². The number of amides is 1. The van der Waals surface area contributed by atoms with Crippen LogP contribution in [0, 0.1) is 11.8 Å². The Bertz CT molecular complexity index is 628. The summed E-state index contributed by atoms with van der Waals surface area (Å²) in [6.07, 6.45) is 4.42. The molecule has 0 bridgehead atoms. The molecule has 2 saturated carbocycles. The third-order valence-electron chi connectivity index (χ3n) is 6.23. The van der Waals surface area contributed by atoms with Gasteiger partial charge in [0, 0.05) is 25.7 Å². The van der Waals surface area contributed by atoms with Gasteiger partial charge in [0.1, 0.15) is 5.75 Å². The van der Waals surface area contributed by atoms with Gasteiger partial charge < -0.3 is 15.2 Å². The van der Waals surface area contributed by atoms with Gasteiger partial charge in [-0.25, -0.2) is 0 Å². The Morgan fingerprint density at radius 1 is 1.27 bits per heavy atom. The number of methoxy groups -OCH3 is 1. The van der Waals surface area contributed by atoms with Crippen molar-refractivity contribution < 1.29 is 14.6 Å². The summed E-state index contributed by atoms with van der Waals surface area (Å²) in [6.45, 7) is 2.77. The van der Waals surface area contributed by atoms with Crippen LogP contribution in [0.4, 0.5) is 0 Å². The Balaban J connectivity index is 0.00000196. The molecule has 4 rings (SSSR count). The largest absolute Gasteiger partial charge is 0.497 e. The second kappa shape index (κ2) is 7.75. The minimum atomic E-state index is -0.342. The molecule has 1 aliphatic heterocycles. The number of benzene rings is 1. The lowest BCUT2D eigenvalue weighted by molar-refractivity contribution is -0.124. The predicted octanol–water partition coefficient (Wildman–Crippen LogP) is 1.97. The fraction of sp³-hybridized carbons (Fsp3) is 0.650. The van der Waals surface area contributed by atoms with E-state index < -0.39 is 0 Å². The summed E-state index contributed by atoms with van der Waals surface area (Å²) in [5, 5.41) is 12.6. The molecule has 0 aromatic heterocycles. The monoisotopic (exact) mass is 380 g/mol. The van der Waals surface area contributed by atoms with E-state index in [0.717, 1.165) is 43.2 Å². The number of carbonyl (C=O) groups is 1. The Hall–Kier alpha value is -1.30. The molecule has 6 heteroatoms. The second-order valence-corrected chi connectivity index (χ2v) is 7.88.